The third kappa shape index (κ3) is 4.53. The Hall–Kier alpha value is -3.19. The van der Waals surface area contributed by atoms with Crippen LogP contribution in [0.3, 0.4) is 0 Å². The van der Waals surface area contributed by atoms with Gasteiger partial charge in [-0.2, -0.15) is 0 Å². The van der Waals surface area contributed by atoms with Crippen molar-refractivity contribution >= 4 is 6.09 Å². The van der Waals surface area contributed by atoms with E-state index in [9.17, 15) is 15.0 Å². The van der Waals surface area contributed by atoms with Crippen LogP contribution in [0, 0.1) is 0 Å². The quantitative estimate of drug-likeness (QED) is 0.438. The number of carbonyl (C=O) groups is 1. The van der Waals surface area contributed by atoms with Gasteiger partial charge in [-0.15, -0.1) is 0 Å². The summed E-state index contributed by atoms with van der Waals surface area (Å²) >= 11 is 0. The number of hydrogen-bond acceptors (Lipinski definition) is 5. The lowest BCUT2D eigenvalue weighted by Gasteiger charge is -2.21. The molecule has 2 unspecified atom stereocenters. The van der Waals surface area contributed by atoms with E-state index in [2.05, 4.69) is 29.6 Å². The van der Waals surface area contributed by atoms with Crippen molar-refractivity contribution in [3.05, 3.63) is 95.1 Å². The van der Waals surface area contributed by atoms with Crippen LogP contribution in [0.25, 0.3) is 11.1 Å². The largest absolute Gasteiger partial charge is 0.449 e. The van der Waals surface area contributed by atoms with Crippen LogP contribution < -0.4 is 11.1 Å². The SMILES string of the molecule is NCCc1ccccc1C(O)C(O)CNC(=O)OCC1c2ccccc2-c2ccccc21. The lowest BCUT2D eigenvalue weighted by molar-refractivity contribution is 0.0180. The summed E-state index contributed by atoms with van der Waals surface area (Å²) in [5, 5.41) is 23.5. The van der Waals surface area contributed by atoms with E-state index in [1.54, 1.807) is 12.1 Å². The predicted molar refractivity (Wildman–Crippen MR) is 123 cm³/mol. The topological polar surface area (TPSA) is 105 Å². The molecule has 0 saturated heterocycles. The van der Waals surface area contributed by atoms with E-state index in [-0.39, 0.29) is 19.1 Å². The predicted octanol–water partition coefficient (Wildman–Crippen LogP) is 3.12. The number of nitrogens with two attached hydrogens (primary N) is 1. The summed E-state index contributed by atoms with van der Waals surface area (Å²) in [7, 11) is 0. The van der Waals surface area contributed by atoms with Crippen molar-refractivity contribution in [2.24, 2.45) is 5.73 Å². The number of benzene rings is 3. The zero-order valence-corrected chi connectivity index (χ0v) is 17.8. The number of rotatable bonds is 8. The highest BCUT2D eigenvalue weighted by atomic mass is 16.5. The second-order valence-corrected chi connectivity index (χ2v) is 7.96. The van der Waals surface area contributed by atoms with Gasteiger partial charge in [-0.05, 0) is 46.3 Å². The molecule has 1 amide bonds. The first-order valence-corrected chi connectivity index (χ1v) is 10.8. The van der Waals surface area contributed by atoms with Crippen molar-refractivity contribution in [2.45, 2.75) is 24.5 Å². The third-order valence-electron chi connectivity index (χ3n) is 5.95. The molecule has 1 aliphatic rings. The molecule has 0 saturated carbocycles. The van der Waals surface area contributed by atoms with Crippen LogP contribution in [0.4, 0.5) is 4.79 Å². The van der Waals surface area contributed by atoms with E-state index in [0.29, 0.717) is 18.5 Å². The molecule has 0 bridgehead atoms. The van der Waals surface area contributed by atoms with E-state index in [1.807, 2.05) is 36.4 Å². The van der Waals surface area contributed by atoms with E-state index in [4.69, 9.17) is 10.5 Å². The van der Waals surface area contributed by atoms with E-state index in [0.717, 1.165) is 27.8 Å². The molecule has 6 nitrogen and oxygen atoms in total. The first-order chi connectivity index (χ1) is 15.6. The molecule has 0 aliphatic heterocycles. The maximum absolute atomic E-state index is 12.3. The molecule has 0 fully saturated rings. The normalized spacial score (nSPS) is 14.3. The molecule has 5 N–H and O–H groups in total. The van der Waals surface area contributed by atoms with Gasteiger partial charge >= 0.3 is 6.09 Å². The van der Waals surface area contributed by atoms with Gasteiger partial charge < -0.3 is 26.0 Å². The van der Waals surface area contributed by atoms with Crippen LogP contribution in [0.2, 0.25) is 0 Å². The molecule has 0 spiro atoms. The first kappa shape index (κ1) is 22.0. The zero-order chi connectivity index (χ0) is 22.5. The highest BCUT2D eigenvalue weighted by molar-refractivity contribution is 5.79. The zero-order valence-electron chi connectivity index (χ0n) is 17.8. The summed E-state index contributed by atoms with van der Waals surface area (Å²) in [5.41, 5.74) is 11.7. The third-order valence-corrected chi connectivity index (χ3v) is 5.95. The molecule has 6 heteroatoms. The highest BCUT2D eigenvalue weighted by Crippen LogP contribution is 2.44. The second-order valence-electron chi connectivity index (χ2n) is 7.96. The Labute approximate surface area is 187 Å². The molecule has 0 aromatic heterocycles. The van der Waals surface area contributed by atoms with Crippen LogP contribution in [0.15, 0.2) is 72.8 Å². The maximum Gasteiger partial charge on any atom is 0.407 e. The summed E-state index contributed by atoms with van der Waals surface area (Å²) in [5.74, 6) is -0.0354. The maximum atomic E-state index is 12.3. The summed E-state index contributed by atoms with van der Waals surface area (Å²) in [6.07, 6.45) is -2.34. The van der Waals surface area contributed by atoms with Gasteiger partial charge in [-0.3, -0.25) is 0 Å². The van der Waals surface area contributed by atoms with Gasteiger partial charge in [0, 0.05) is 12.5 Å². The van der Waals surface area contributed by atoms with Crippen molar-refractivity contribution in [1.29, 1.82) is 0 Å². The standard InChI is InChI=1S/C26H28N2O4/c27-14-13-17-7-1-2-8-18(17)25(30)24(29)15-28-26(31)32-16-23-21-11-5-3-9-19(21)20-10-4-6-12-22(20)23/h1-12,23-25,29-30H,13-16,27H2,(H,28,31). The number of fused-ring (bicyclic) bond motifs is 3. The number of aliphatic hydroxyl groups is 2. The van der Waals surface area contributed by atoms with Gasteiger partial charge in [0.05, 0.1) is 0 Å². The number of hydrogen-bond donors (Lipinski definition) is 4. The number of amides is 1. The molecule has 32 heavy (non-hydrogen) atoms. The van der Waals surface area contributed by atoms with E-state index in [1.165, 1.54) is 0 Å². The van der Waals surface area contributed by atoms with Crippen molar-refractivity contribution in [3.63, 3.8) is 0 Å². The van der Waals surface area contributed by atoms with Crippen LogP contribution in [0.5, 0.6) is 0 Å². The lowest BCUT2D eigenvalue weighted by atomic mass is 9.96. The van der Waals surface area contributed by atoms with Crippen LogP contribution in [-0.4, -0.2) is 42.1 Å². The number of carbonyl (C=O) groups excluding carboxylic acids is 1. The molecule has 2 atom stereocenters. The first-order valence-electron chi connectivity index (χ1n) is 10.8. The summed E-state index contributed by atoms with van der Waals surface area (Å²) in [6, 6.07) is 23.5. The molecular weight excluding hydrogens is 404 g/mol. The Morgan fingerprint density at radius 1 is 0.938 bits per heavy atom. The van der Waals surface area contributed by atoms with Crippen molar-refractivity contribution in [1.82, 2.24) is 5.32 Å². The molecule has 4 rings (SSSR count). The van der Waals surface area contributed by atoms with E-state index >= 15 is 0 Å². The molecule has 3 aromatic rings. The summed E-state index contributed by atoms with van der Waals surface area (Å²) in [6.45, 7) is 0.504. The summed E-state index contributed by atoms with van der Waals surface area (Å²) < 4.78 is 5.48. The minimum Gasteiger partial charge on any atom is -0.449 e. The molecular formula is C26H28N2O4. The smallest absolute Gasteiger partial charge is 0.407 e. The van der Waals surface area contributed by atoms with Gasteiger partial charge in [0.2, 0.25) is 0 Å². The van der Waals surface area contributed by atoms with Crippen molar-refractivity contribution < 1.29 is 19.7 Å². The van der Waals surface area contributed by atoms with Gasteiger partial charge in [0.1, 0.15) is 18.8 Å². The number of aliphatic hydroxyl groups excluding tert-OH is 2. The fourth-order valence-electron chi connectivity index (χ4n) is 4.36. The minimum absolute atomic E-state index is 0.0354. The van der Waals surface area contributed by atoms with Gasteiger partial charge in [-0.1, -0.05) is 72.8 Å². The Kier molecular flexibility index (Phi) is 6.85. The van der Waals surface area contributed by atoms with Gasteiger partial charge in [0.25, 0.3) is 0 Å². The fourth-order valence-corrected chi connectivity index (χ4v) is 4.36. The van der Waals surface area contributed by atoms with Gasteiger partial charge in [-0.25, -0.2) is 4.79 Å². The monoisotopic (exact) mass is 432 g/mol. The van der Waals surface area contributed by atoms with Crippen LogP contribution >= 0.6 is 0 Å². The summed E-state index contributed by atoms with van der Waals surface area (Å²) in [4.78, 5) is 12.3. The fraction of sp³-hybridized carbons (Fsp3) is 0.269. The van der Waals surface area contributed by atoms with Crippen molar-refractivity contribution in [2.75, 3.05) is 19.7 Å². The molecule has 3 aromatic carbocycles. The Morgan fingerprint density at radius 2 is 1.53 bits per heavy atom. The second kappa shape index (κ2) is 9.96. The van der Waals surface area contributed by atoms with Crippen LogP contribution in [0.1, 0.15) is 34.3 Å². The Balaban J connectivity index is 1.34. The average molecular weight is 433 g/mol. The Morgan fingerprint density at radius 3 is 2.19 bits per heavy atom. The van der Waals surface area contributed by atoms with Crippen molar-refractivity contribution in [3.8, 4) is 11.1 Å². The van der Waals surface area contributed by atoms with Gasteiger partial charge in [0.15, 0.2) is 0 Å². The average Bonchev–Trinajstić information content (AvgIpc) is 3.15. The van der Waals surface area contributed by atoms with E-state index < -0.39 is 18.3 Å². The number of alkyl carbamates (subject to hydrolysis) is 1. The molecule has 166 valence electrons. The Bertz CT molecular complexity index is 1040. The highest BCUT2D eigenvalue weighted by Gasteiger charge is 2.29. The molecule has 1 aliphatic carbocycles. The molecule has 0 heterocycles. The molecule has 0 radical (unpaired) electrons. The lowest BCUT2D eigenvalue weighted by Crippen LogP contribution is -2.36. The number of ether oxygens (including phenoxy) is 1. The van der Waals surface area contributed by atoms with Crippen LogP contribution in [-0.2, 0) is 11.2 Å². The minimum atomic E-state index is -1.17. The number of nitrogens with one attached hydrogen (secondary N) is 1.